The smallest absolute Gasteiger partial charge is 0.380 e. The van der Waals surface area contributed by atoms with Gasteiger partial charge in [0.25, 0.3) is 0 Å². The van der Waals surface area contributed by atoms with Gasteiger partial charge in [-0.05, 0) is 37.8 Å². The molecule has 0 heterocycles. The van der Waals surface area contributed by atoms with E-state index in [0.717, 1.165) is 12.1 Å². The van der Waals surface area contributed by atoms with Gasteiger partial charge in [0.15, 0.2) is 0 Å². The minimum Gasteiger partial charge on any atom is -0.380 e. The van der Waals surface area contributed by atoms with Crippen molar-refractivity contribution in [2.75, 3.05) is 5.32 Å². The van der Waals surface area contributed by atoms with Crippen LogP contribution in [0.5, 0.6) is 0 Å². The summed E-state index contributed by atoms with van der Waals surface area (Å²) < 4.78 is 65.1. The molecule has 2 atom stereocenters. The lowest BCUT2D eigenvalue weighted by Crippen LogP contribution is -2.34. The van der Waals surface area contributed by atoms with Gasteiger partial charge < -0.3 is 5.32 Å². The maximum absolute atomic E-state index is 13.7. The van der Waals surface area contributed by atoms with Crippen LogP contribution in [0.3, 0.4) is 0 Å². The lowest BCUT2D eigenvalue weighted by atomic mass is 9.85. The molecule has 0 bridgehead atoms. The Labute approximate surface area is 114 Å². The fourth-order valence-corrected chi connectivity index (χ4v) is 2.59. The standard InChI is InChI=1S/C14H16F5N/c1-8-5-12(16)13(7-11(8)15)20-10-4-2-3-9(6-10)14(17,18)19/h5,7,9-10,20H,2-4,6H2,1H3. The fraction of sp³-hybridized carbons (Fsp3) is 0.571. The first-order chi connectivity index (χ1) is 9.27. The lowest BCUT2D eigenvalue weighted by Gasteiger charge is -2.31. The Morgan fingerprint density at radius 3 is 2.45 bits per heavy atom. The average molecular weight is 293 g/mol. The molecule has 1 aliphatic carbocycles. The van der Waals surface area contributed by atoms with Crippen molar-refractivity contribution in [2.45, 2.75) is 44.8 Å². The summed E-state index contributed by atoms with van der Waals surface area (Å²) in [7, 11) is 0. The van der Waals surface area contributed by atoms with E-state index in [0.29, 0.717) is 12.8 Å². The molecule has 0 amide bonds. The zero-order valence-electron chi connectivity index (χ0n) is 11.0. The molecule has 2 rings (SSSR count). The van der Waals surface area contributed by atoms with E-state index >= 15 is 0 Å². The Hall–Kier alpha value is -1.33. The highest BCUT2D eigenvalue weighted by atomic mass is 19.4. The van der Waals surface area contributed by atoms with Gasteiger partial charge in [-0.1, -0.05) is 6.42 Å². The summed E-state index contributed by atoms with van der Waals surface area (Å²) in [6, 6.07) is 1.57. The third-order valence-corrected chi connectivity index (χ3v) is 3.75. The molecule has 0 spiro atoms. The van der Waals surface area contributed by atoms with E-state index in [1.807, 2.05) is 0 Å². The molecule has 1 aliphatic rings. The molecule has 1 aromatic rings. The molecule has 6 heteroatoms. The first-order valence-corrected chi connectivity index (χ1v) is 6.56. The van der Waals surface area contributed by atoms with Crippen LogP contribution in [0.25, 0.3) is 0 Å². The molecule has 1 N–H and O–H groups in total. The highest BCUT2D eigenvalue weighted by molar-refractivity contribution is 5.47. The predicted octanol–water partition coefficient (Wildman–Crippen LogP) is 4.81. The van der Waals surface area contributed by atoms with Crippen molar-refractivity contribution in [3.63, 3.8) is 0 Å². The number of anilines is 1. The minimum atomic E-state index is -4.22. The van der Waals surface area contributed by atoms with Gasteiger partial charge in [0.2, 0.25) is 0 Å². The van der Waals surface area contributed by atoms with Gasteiger partial charge in [0.1, 0.15) is 11.6 Å². The molecule has 1 saturated carbocycles. The van der Waals surface area contributed by atoms with E-state index in [1.165, 1.54) is 6.92 Å². The van der Waals surface area contributed by atoms with Gasteiger partial charge >= 0.3 is 6.18 Å². The quantitative estimate of drug-likeness (QED) is 0.772. The van der Waals surface area contributed by atoms with Crippen LogP contribution in [0.15, 0.2) is 12.1 Å². The van der Waals surface area contributed by atoms with Crippen LogP contribution >= 0.6 is 0 Å². The Kier molecular flexibility index (Phi) is 4.20. The van der Waals surface area contributed by atoms with Gasteiger partial charge in [-0.3, -0.25) is 0 Å². The van der Waals surface area contributed by atoms with Gasteiger partial charge in [-0.2, -0.15) is 13.2 Å². The van der Waals surface area contributed by atoms with E-state index in [1.54, 1.807) is 0 Å². The van der Waals surface area contributed by atoms with Crippen LogP contribution in [0, 0.1) is 24.5 Å². The van der Waals surface area contributed by atoms with Crippen LogP contribution in [-0.4, -0.2) is 12.2 Å². The van der Waals surface area contributed by atoms with Gasteiger partial charge in [-0.25, -0.2) is 8.78 Å². The number of benzene rings is 1. The van der Waals surface area contributed by atoms with Crippen LogP contribution in [0.4, 0.5) is 27.6 Å². The molecule has 0 aromatic heterocycles. The third-order valence-electron chi connectivity index (χ3n) is 3.75. The van der Waals surface area contributed by atoms with Gasteiger partial charge in [-0.15, -0.1) is 0 Å². The molecule has 1 fully saturated rings. The molecular weight excluding hydrogens is 277 g/mol. The van der Waals surface area contributed by atoms with Crippen molar-refractivity contribution in [3.05, 3.63) is 29.3 Å². The zero-order chi connectivity index (χ0) is 14.9. The summed E-state index contributed by atoms with van der Waals surface area (Å²) in [5.41, 5.74) is 0.103. The topological polar surface area (TPSA) is 12.0 Å². The van der Waals surface area contributed by atoms with Crippen LogP contribution < -0.4 is 5.32 Å². The summed E-state index contributed by atoms with van der Waals surface area (Å²) in [6.07, 6.45) is -3.26. The van der Waals surface area contributed by atoms with E-state index in [2.05, 4.69) is 5.32 Å². The van der Waals surface area contributed by atoms with Crippen LogP contribution in [-0.2, 0) is 0 Å². The maximum atomic E-state index is 13.7. The van der Waals surface area contributed by atoms with E-state index in [9.17, 15) is 22.0 Å². The summed E-state index contributed by atoms with van der Waals surface area (Å²) in [4.78, 5) is 0. The van der Waals surface area contributed by atoms with Gasteiger partial charge in [0, 0.05) is 12.1 Å². The Bertz CT molecular complexity index is 483. The van der Waals surface area contributed by atoms with Gasteiger partial charge in [0.05, 0.1) is 11.6 Å². The molecular formula is C14H16F5N. The average Bonchev–Trinajstić information content (AvgIpc) is 2.35. The maximum Gasteiger partial charge on any atom is 0.391 e. The molecule has 0 saturated heterocycles. The first kappa shape index (κ1) is 15.1. The van der Waals surface area contributed by atoms with Crippen molar-refractivity contribution < 1.29 is 22.0 Å². The Balaban J connectivity index is 2.08. The second-order valence-electron chi connectivity index (χ2n) is 5.33. The largest absolute Gasteiger partial charge is 0.391 e. The molecule has 2 unspecified atom stereocenters. The summed E-state index contributed by atoms with van der Waals surface area (Å²) in [5, 5.41) is 2.70. The number of nitrogens with one attached hydrogen (secondary N) is 1. The molecule has 20 heavy (non-hydrogen) atoms. The van der Waals surface area contributed by atoms with Crippen molar-refractivity contribution in [2.24, 2.45) is 5.92 Å². The summed E-state index contributed by atoms with van der Waals surface area (Å²) >= 11 is 0. The summed E-state index contributed by atoms with van der Waals surface area (Å²) in [6.45, 7) is 1.43. The SMILES string of the molecule is Cc1cc(F)c(NC2CCCC(C(F)(F)F)C2)cc1F. The number of hydrogen-bond donors (Lipinski definition) is 1. The van der Waals surface area contributed by atoms with Crippen molar-refractivity contribution >= 4 is 5.69 Å². The van der Waals surface area contributed by atoms with Crippen molar-refractivity contribution in [1.29, 1.82) is 0 Å². The van der Waals surface area contributed by atoms with Crippen molar-refractivity contribution in [3.8, 4) is 0 Å². The molecule has 0 radical (unpaired) electrons. The predicted molar refractivity (Wildman–Crippen MR) is 66.5 cm³/mol. The van der Waals surface area contributed by atoms with E-state index < -0.39 is 29.8 Å². The molecule has 112 valence electrons. The third kappa shape index (κ3) is 3.41. The van der Waals surface area contributed by atoms with E-state index in [4.69, 9.17) is 0 Å². The van der Waals surface area contributed by atoms with Crippen molar-refractivity contribution in [1.82, 2.24) is 0 Å². The lowest BCUT2D eigenvalue weighted by molar-refractivity contribution is -0.182. The second kappa shape index (κ2) is 5.58. The zero-order valence-corrected chi connectivity index (χ0v) is 11.0. The normalized spacial score (nSPS) is 23.7. The fourth-order valence-electron chi connectivity index (χ4n) is 2.59. The number of hydrogen-bond acceptors (Lipinski definition) is 1. The van der Waals surface area contributed by atoms with E-state index in [-0.39, 0.29) is 24.1 Å². The summed E-state index contributed by atoms with van der Waals surface area (Å²) in [5.74, 6) is -2.58. The first-order valence-electron chi connectivity index (χ1n) is 6.56. The minimum absolute atomic E-state index is 0.0686. The highest BCUT2D eigenvalue weighted by Gasteiger charge is 2.42. The Morgan fingerprint density at radius 1 is 1.10 bits per heavy atom. The number of aryl methyl sites for hydroxylation is 1. The number of alkyl halides is 3. The highest BCUT2D eigenvalue weighted by Crippen LogP contribution is 2.38. The molecule has 0 aliphatic heterocycles. The second-order valence-corrected chi connectivity index (χ2v) is 5.33. The monoisotopic (exact) mass is 293 g/mol. The molecule has 1 nitrogen and oxygen atoms in total. The van der Waals surface area contributed by atoms with Crippen LogP contribution in [0.1, 0.15) is 31.2 Å². The molecule has 1 aromatic carbocycles. The Morgan fingerprint density at radius 2 is 1.80 bits per heavy atom. The number of halogens is 5. The van der Waals surface area contributed by atoms with Crippen LogP contribution in [0.2, 0.25) is 0 Å². The number of rotatable bonds is 2.